The van der Waals surface area contributed by atoms with Crippen molar-refractivity contribution < 1.29 is 7.96 Å². The molecular weight excluding hydrogens is 539 g/mol. The first-order valence-electron chi connectivity index (χ1n) is 9.82. The zero-order chi connectivity index (χ0) is 16.8. The summed E-state index contributed by atoms with van der Waals surface area (Å²) in [5, 5.41) is 9.42. The van der Waals surface area contributed by atoms with Crippen molar-refractivity contribution in [3.05, 3.63) is 54.6 Å². The minimum Gasteiger partial charge on any atom is -0.508 e. The van der Waals surface area contributed by atoms with Crippen LogP contribution < -0.4 is 0 Å². The number of phenolic OH excluding ortho intramolecular Hbond substituents is 1. The third-order valence-corrected chi connectivity index (χ3v) is 6.18. The fourth-order valence-corrected chi connectivity index (χ4v) is 4.56. The first-order valence-corrected chi connectivity index (χ1v) is 9.82. The maximum Gasteiger partial charge on any atom is 0.115 e. The first-order chi connectivity index (χ1) is 11.7. The molecule has 1 nitrogen and oxygen atoms in total. The van der Waals surface area contributed by atoms with E-state index in [-0.39, 0.29) is 2.85 Å². The Morgan fingerprint density at radius 1 is 0.880 bits per heavy atom. The van der Waals surface area contributed by atoms with Crippen molar-refractivity contribution in [1.82, 2.24) is 0 Å². The molecule has 0 heterocycles. The van der Waals surface area contributed by atoms with Crippen LogP contribution in [0.4, 0.5) is 0 Å². The Hall–Kier alpha value is -2.50. The van der Waals surface area contributed by atoms with Crippen molar-refractivity contribution in [2.24, 2.45) is 17.8 Å². The monoisotopic (exact) mass is 571 g/mol. The van der Waals surface area contributed by atoms with Gasteiger partial charge in [0.25, 0.3) is 0 Å². The summed E-state index contributed by atoms with van der Waals surface area (Å²) < 4.78 is 0. The Morgan fingerprint density at radius 3 is 1.92 bits per heavy atom. The van der Waals surface area contributed by atoms with Gasteiger partial charge in [-0.25, -0.2) is 0 Å². The Morgan fingerprint density at radius 2 is 1.40 bits per heavy atom. The van der Waals surface area contributed by atoms with Gasteiger partial charge in [-0.3, -0.25) is 0 Å². The van der Waals surface area contributed by atoms with E-state index in [0.717, 1.165) is 17.8 Å². The Bertz CT molecular complexity index is 542. The van der Waals surface area contributed by atoms with E-state index in [1.807, 2.05) is 12.1 Å². The van der Waals surface area contributed by atoms with Crippen LogP contribution in [0.2, 0.25) is 0 Å². The molecule has 2 heteroatoms. The molecule has 2 aliphatic carbocycles. The van der Waals surface area contributed by atoms with Gasteiger partial charge in [-0.1, -0.05) is 30.4 Å². The average molecular weight is 576 g/mol. The van der Waals surface area contributed by atoms with Gasteiger partial charge in [0.2, 0.25) is 0 Å². The Balaban J connectivity index is 0.00000225. The fraction of sp³-hybridized carbons (Fsp3) is 0.565. The summed E-state index contributed by atoms with van der Waals surface area (Å²) in [6.07, 6.45) is 19.1. The molecule has 0 atom stereocenters. The molecule has 0 bridgehead atoms. The van der Waals surface area contributed by atoms with E-state index in [2.05, 4.69) is 36.9 Å². The summed E-state index contributed by atoms with van der Waals surface area (Å²) in [5.41, 5.74) is 1.40. The van der Waals surface area contributed by atoms with Crippen LogP contribution in [0.1, 0.15) is 72.1 Å². The van der Waals surface area contributed by atoms with Gasteiger partial charge < -0.3 is 5.11 Å². The van der Waals surface area contributed by atoms with Crippen LogP contribution in [-0.2, 0) is 0 Å². The second kappa shape index (κ2) is 9.11. The molecule has 1 aromatic carbocycles. The minimum absolute atomic E-state index is 0. The molecule has 0 aromatic heterocycles. The maximum atomic E-state index is 9.42. The fourth-order valence-electron chi connectivity index (χ4n) is 4.56. The molecule has 0 radical (unpaired) electrons. The van der Waals surface area contributed by atoms with E-state index in [0.29, 0.717) is 11.7 Å². The standard InChI is InChI=1S/C23H32O.Cm.2H2/c1-2-3-18-4-6-19(7-5-18)8-9-20-10-12-21(13-11-20)22-14-16-23(24)17-15-22;;;/h2,8-9,14-21,24H,1,3-7,10-13H2;;2*1H/b9-8+;;;. The van der Waals surface area contributed by atoms with Crippen LogP contribution >= 0.6 is 0 Å². The molecular formula is C23H36CmO. The van der Waals surface area contributed by atoms with E-state index in [4.69, 9.17) is 0 Å². The van der Waals surface area contributed by atoms with Gasteiger partial charge in [-0.05, 0) is 99.2 Å². The molecule has 2 fully saturated rings. The third kappa shape index (κ3) is 5.24. The van der Waals surface area contributed by atoms with Crippen LogP contribution in [0.15, 0.2) is 49.1 Å². The third-order valence-electron chi connectivity index (χ3n) is 6.18. The number of benzene rings is 1. The summed E-state index contributed by atoms with van der Waals surface area (Å²) in [6, 6.07) is 7.84. The van der Waals surface area contributed by atoms with E-state index in [9.17, 15) is 5.11 Å². The molecule has 0 aliphatic heterocycles. The van der Waals surface area contributed by atoms with Crippen molar-refractivity contribution in [3.8, 4) is 5.75 Å². The van der Waals surface area contributed by atoms with E-state index < -0.39 is 0 Å². The predicted molar refractivity (Wildman–Crippen MR) is 106 cm³/mol. The number of allylic oxidation sites excluding steroid dienone is 3. The molecule has 1 N–H and O–H groups in total. The van der Waals surface area contributed by atoms with E-state index >= 15 is 0 Å². The predicted octanol–water partition coefficient (Wildman–Crippen LogP) is 7.10. The van der Waals surface area contributed by atoms with Gasteiger partial charge in [-0.2, -0.15) is 0 Å². The van der Waals surface area contributed by atoms with Crippen molar-refractivity contribution in [2.75, 3.05) is 0 Å². The average Bonchev–Trinajstić information content (AvgIpc) is 2.63. The molecule has 0 amide bonds. The smallest absolute Gasteiger partial charge is 0.115 e. The molecule has 3 rings (SSSR count). The van der Waals surface area contributed by atoms with Gasteiger partial charge in [0.1, 0.15) is 5.75 Å². The van der Waals surface area contributed by atoms with Crippen molar-refractivity contribution in [2.45, 2.75) is 63.7 Å². The molecule has 25 heavy (non-hydrogen) atoms. The second-order valence-electron chi connectivity index (χ2n) is 7.89. The van der Waals surface area contributed by atoms with Crippen LogP contribution in [-0.4, -0.2) is 5.11 Å². The maximum absolute atomic E-state index is 9.42. The summed E-state index contributed by atoms with van der Waals surface area (Å²) >= 11 is 0. The zero-order valence-corrected chi connectivity index (χ0v) is 18.2. The Kier molecular flexibility index (Phi) is 6.86. The number of aromatic hydroxyl groups is 1. The first kappa shape index (κ1) is 18.8. The minimum atomic E-state index is 0. The molecule has 2 saturated carbocycles. The van der Waals surface area contributed by atoms with Crippen LogP contribution in [0.5, 0.6) is 5.75 Å². The molecule has 1 aromatic rings. The van der Waals surface area contributed by atoms with Crippen molar-refractivity contribution in [3.63, 3.8) is 0 Å². The largest absolute Gasteiger partial charge is 0.508 e. The number of hydrogen-bond donors (Lipinski definition) is 1. The van der Waals surface area contributed by atoms with E-state index in [1.54, 1.807) is 0 Å². The molecule has 142 valence electrons. The molecule has 0 spiro atoms. The SMILES string of the molecule is C=CCC1CCC(/C=C/C2CCC(c3ccc(O)cc3)CC2)CC1.[Cm].[HH].[HH]. The number of phenols is 1. The topological polar surface area (TPSA) is 20.2 Å². The van der Waals surface area contributed by atoms with Crippen LogP contribution in [0.3, 0.4) is 0 Å². The summed E-state index contributed by atoms with van der Waals surface area (Å²) in [4.78, 5) is 0. The van der Waals surface area contributed by atoms with Crippen molar-refractivity contribution >= 4 is 0 Å². The zero-order valence-electron chi connectivity index (χ0n) is 15.2. The molecule has 0 saturated heterocycles. The normalized spacial score (nSPS) is 29.9. The van der Waals surface area contributed by atoms with Gasteiger partial charge >= 0.3 is 0 Å². The van der Waals surface area contributed by atoms with Crippen LogP contribution in [0.25, 0.3) is 0 Å². The van der Waals surface area contributed by atoms with Gasteiger partial charge in [0, 0.05) is 2.85 Å². The second-order valence-corrected chi connectivity index (χ2v) is 7.89. The van der Waals surface area contributed by atoms with Gasteiger partial charge in [0.15, 0.2) is 0 Å². The van der Waals surface area contributed by atoms with Gasteiger partial charge in [0.05, 0.1) is 0 Å². The summed E-state index contributed by atoms with van der Waals surface area (Å²) in [6.45, 7) is 3.88. The molecule has 2 aliphatic rings. The summed E-state index contributed by atoms with van der Waals surface area (Å²) in [7, 11) is 0. The quantitative estimate of drug-likeness (QED) is 0.372. The van der Waals surface area contributed by atoms with Gasteiger partial charge in [-0.15, -0.1) is 6.58 Å². The van der Waals surface area contributed by atoms with E-state index in [1.165, 1.54) is 63.4 Å². The Labute approximate surface area is 150 Å². The van der Waals surface area contributed by atoms with Crippen molar-refractivity contribution in [1.29, 1.82) is 0 Å². The number of hydrogen-bond acceptors (Lipinski definition) is 1. The summed E-state index contributed by atoms with van der Waals surface area (Å²) in [5.74, 6) is 3.56. The van der Waals surface area contributed by atoms with Crippen LogP contribution in [0, 0.1) is 17.8 Å². The molecule has 0 unspecified atom stereocenters. The number of rotatable bonds is 5.